The summed E-state index contributed by atoms with van der Waals surface area (Å²) in [5.74, 6) is 1.40. The summed E-state index contributed by atoms with van der Waals surface area (Å²) < 4.78 is 0. The summed E-state index contributed by atoms with van der Waals surface area (Å²) in [5, 5.41) is 3.33. The van der Waals surface area contributed by atoms with Gasteiger partial charge in [-0.2, -0.15) is 0 Å². The minimum absolute atomic E-state index is 0.507. The van der Waals surface area contributed by atoms with Gasteiger partial charge in [0.2, 0.25) is 5.95 Å². The highest BCUT2D eigenvalue weighted by molar-refractivity contribution is 5.38. The summed E-state index contributed by atoms with van der Waals surface area (Å²) in [6, 6.07) is 0. The third kappa shape index (κ3) is 2.34. The van der Waals surface area contributed by atoms with Gasteiger partial charge in [-0.3, -0.25) is 0 Å². The molecular formula is C14H24N4. The third-order valence-electron chi connectivity index (χ3n) is 3.66. The van der Waals surface area contributed by atoms with Gasteiger partial charge in [0.25, 0.3) is 0 Å². The molecule has 0 unspecified atom stereocenters. The van der Waals surface area contributed by atoms with E-state index in [9.17, 15) is 0 Å². The van der Waals surface area contributed by atoms with Crippen molar-refractivity contribution in [2.45, 2.75) is 33.6 Å². The van der Waals surface area contributed by atoms with Crippen LogP contribution in [0, 0.1) is 5.41 Å². The summed E-state index contributed by atoms with van der Waals surface area (Å²) in [7, 11) is 0. The third-order valence-corrected chi connectivity index (χ3v) is 3.66. The van der Waals surface area contributed by atoms with Crippen LogP contribution in [0.15, 0.2) is 12.4 Å². The summed E-state index contributed by atoms with van der Waals surface area (Å²) in [5.41, 5.74) is 1.75. The van der Waals surface area contributed by atoms with E-state index in [1.54, 1.807) is 0 Å². The Morgan fingerprint density at radius 3 is 2.11 bits per heavy atom. The fraction of sp³-hybridized carbons (Fsp3) is 0.714. The van der Waals surface area contributed by atoms with Crippen molar-refractivity contribution in [1.82, 2.24) is 15.3 Å². The van der Waals surface area contributed by atoms with Gasteiger partial charge < -0.3 is 10.2 Å². The molecule has 1 aromatic rings. The second kappa shape index (κ2) is 5.22. The van der Waals surface area contributed by atoms with Crippen molar-refractivity contribution in [3.05, 3.63) is 18.0 Å². The zero-order valence-corrected chi connectivity index (χ0v) is 11.9. The largest absolute Gasteiger partial charge is 0.339 e. The predicted molar refractivity (Wildman–Crippen MR) is 75.0 cm³/mol. The molecule has 2 aliphatic heterocycles. The lowest BCUT2D eigenvalue weighted by Crippen LogP contribution is -2.71. The van der Waals surface area contributed by atoms with Crippen LogP contribution in [-0.2, 0) is 0 Å². The van der Waals surface area contributed by atoms with Crippen LogP contribution in [0.4, 0.5) is 5.95 Å². The highest BCUT2D eigenvalue weighted by Crippen LogP contribution is 2.35. The Bertz CT molecular complexity index is 373. The van der Waals surface area contributed by atoms with Gasteiger partial charge in [0, 0.05) is 44.0 Å². The molecule has 1 N–H and O–H groups in total. The van der Waals surface area contributed by atoms with Crippen LogP contribution in [0.25, 0.3) is 0 Å². The maximum atomic E-state index is 4.44. The van der Waals surface area contributed by atoms with E-state index < -0.39 is 0 Å². The maximum Gasteiger partial charge on any atom is 0.225 e. The normalized spacial score (nSPS) is 19.9. The van der Waals surface area contributed by atoms with Crippen molar-refractivity contribution in [2.24, 2.45) is 5.41 Å². The lowest BCUT2D eigenvalue weighted by atomic mass is 9.75. The molecule has 0 amide bonds. The van der Waals surface area contributed by atoms with Crippen LogP contribution < -0.4 is 10.2 Å². The molecule has 0 saturated carbocycles. The summed E-state index contributed by atoms with van der Waals surface area (Å²) >= 11 is 0. The van der Waals surface area contributed by atoms with E-state index >= 15 is 0 Å². The molecule has 3 heterocycles. The van der Waals surface area contributed by atoms with Crippen molar-refractivity contribution < 1.29 is 0 Å². The molecule has 3 rings (SSSR count). The molecule has 2 fully saturated rings. The van der Waals surface area contributed by atoms with Crippen LogP contribution in [0.2, 0.25) is 0 Å². The molecule has 0 radical (unpaired) electrons. The van der Waals surface area contributed by atoms with Gasteiger partial charge in [-0.25, -0.2) is 9.97 Å². The van der Waals surface area contributed by atoms with E-state index in [1.165, 1.54) is 5.56 Å². The van der Waals surface area contributed by atoms with E-state index in [1.807, 2.05) is 26.2 Å². The molecule has 100 valence electrons. The van der Waals surface area contributed by atoms with Crippen molar-refractivity contribution in [2.75, 3.05) is 31.1 Å². The Hall–Kier alpha value is -1.16. The zero-order chi connectivity index (χ0) is 13.2. The Balaban J connectivity index is 0.000000574. The molecule has 2 saturated heterocycles. The lowest BCUT2D eigenvalue weighted by Gasteiger charge is -2.55. The van der Waals surface area contributed by atoms with Crippen molar-refractivity contribution in [1.29, 1.82) is 0 Å². The molecule has 0 aliphatic carbocycles. The van der Waals surface area contributed by atoms with Crippen molar-refractivity contribution >= 4 is 5.95 Å². The molecule has 0 bridgehead atoms. The van der Waals surface area contributed by atoms with Crippen LogP contribution in [0.5, 0.6) is 0 Å². The molecule has 4 heteroatoms. The van der Waals surface area contributed by atoms with Crippen LogP contribution in [0.1, 0.15) is 39.2 Å². The minimum atomic E-state index is 0.507. The quantitative estimate of drug-likeness (QED) is 0.869. The summed E-state index contributed by atoms with van der Waals surface area (Å²) in [6.45, 7) is 12.9. The number of nitrogens with one attached hydrogen (secondary N) is 1. The number of hydrogen-bond acceptors (Lipinski definition) is 4. The van der Waals surface area contributed by atoms with Crippen molar-refractivity contribution in [3.8, 4) is 0 Å². The number of aromatic nitrogens is 2. The average molecular weight is 248 g/mol. The van der Waals surface area contributed by atoms with E-state index in [0.717, 1.165) is 32.1 Å². The molecule has 0 aromatic carbocycles. The smallest absolute Gasteiger partial charge is 0.225 e. The Morgan fingerprint density at radius 1 is 1.17 bits per heavy atom. The highest BCUT2D eigenvalue weighted by Gasteiger charge is 2.48. The summed E-state index contributed by atoms with van der Waals surface area (Å²) in [6.07, 6.45) is 3.91. The molecule has 18 heavy (non-hydrogen) atoms. The maximum absolute atomic E-state index is 4.44. The minimum Gasteiger partial charge on any atom is -0.339 e. The van der Waals surface area contributed by atoms with Gasteiger partial charge in [0.1, 0.15) is 0 Å². The fourth-order valence-electron chi connectivity index (χ4n) is 2.40. The van der Waals surface area contributed by atoms with Crippen LogP contribution >= 0.6 is 0 Å². The van der Waals surface area contributed by atoms with E-state index in [4.69, 9.17) is 0 Å². The molecule has 1 spiro atoms. The molecular weight excluding hydrogens is 224 g/mol. The monoisotopic (exact) mass is 248 g/mol. The van der Waals surface area contributed by atoms with Crippen LogP contribution in [0.3, 0.4) is 0 Å². The Kier molecular flexibility index (Phi) is 3.85. The van der Waals surface area contributed by atoms with Gasteiger partial charge in [-0.15, -0.1) is 0 Å². The Labute approximate surface area is 110 Å². The first-order valence-corrected chi connectivity index (χ1v) is 6.96. The number of nitrogens with zero attached hydrogens (tertiary/aromatic N) is 3. The molecule has 0 atom stereocenters. The topological polar surface area (TPSA) is 41.1 Å². The molecule has 4 nitrogen and oxygen atoms in total. The van der Waals surface area contributed by atoms with Gasteiger partial charge in [0.15, 0.2) is 0 Å². The second-order valence-electron chi connectivity index (χ2n) is 5.43. The van der Waals surface area contributed by atoms with E-state index in [2.05, 4.69) is 34.0 Å². The van der Waals surface area contributed by atoms with Crippen LogP contribution in [-0.4, -0.2) is 36.1 Å². The zero-order valence-electron chi connectivity index (χ0n) is 11.9. The first-order chi connectivity index (χ1) is 8.69. The lowest BCUT2D eigenvalue weighted by molar-refractivity contribution is 0.119. The van der Waals surface area contributed by atoms with Gasteiger partial charge in [-0.1, -0.05) is 27.7 Å². The Morgan fingerprint density at radius 2 is 1.72 bits per heavy atom. The number of hydrogen-bond donors (Lipinski definition) is 1. The van der Waals surface area contributed by atoms with E-state index in [-0.39, 0.29) is 0 Å². The molecule has 1 aromatic heterocycles. The van der Waals surface area contributed by atoms with Crippen molar-refractivity contribution in [3.63, 3.8) is 0 Å². The van der Waals surface area contributed by atoms with Gasteiger partial charge >= 0.3 is 0 Å². The average Bonchev–Trinajstić information content (AvgIpc) is 2.29. The summed E-state index contributed by atoms with van der Waals surface area (Å²) in [4.78, 5) is 11.1. The number of anilines is 1. The first-order valence-electron chi connectivity index (χ1n) is 6.96. The number of rotatable bonds is 2. The predicted octanol–water partition coefficient (Wildman–Crippen LogP) is 2.04. The molecule has 2 aliphatic rings. The fourth-order valence-corrected chi connectivity index (χ4v) is 2.40. The first kappa shape index (κ1) is 13.3. The van der Waals surface area contributed by atoms with Gasteiger partial charge in [-0.05, 0) is 11.5 Å². The van der Waals surface area contributed by atoms with Gasteiger partial charge in [0.05, 0.1) is 0 Å². The standard InChI is InChI=1S/C12H18N4.C2H6/c1-9(2)10-3-14-11(15-4-10)16-7-12(8-16)5-13-6-12;1-2/h3-4,9,13H,5-8H2,1-2H3;1-2H3. The second-order valence-corrected chi connectivity index (χ2v) is 5.43. The van der Waals surface area contributed by atoms with E-state index in [0.29, 0.717) is 11.3 Å². The SMILES string of the molecule is CC.CC(C)c1cnc(N2CC3(CNC3)C2)nc1. The highest BCUT2D eigenvalue weighted by atomic mass is 15.3.